The van der Waals surface area contributed by atoms with Crippen LogP contribution in [-0.4, -0.2) is 24.1 Å². The fourth-order valence-corrected chi connectivity index (χ4v) is 4.70. The van der Waals surface area contributed by atoms with E-state index in [1.807, 2.05) is 0 Å². The summed E-state index contributed by atoms with van der Waals surface area (Å²) < 4.78 is 11.8. The van der Waals surface area contributed by atoms with Crippen molar-refractivity contribution in [1.29, 1.82) is 0 Å². The Labute approximate surface area is 141 Å². The van der Waals surface area contributed by atoms with Gasteiger partial charge in [-0.05, 0) is 0 Å². The second-order valence-electron chi connectivity index (χ2n) is 4.25. The molecule has 0 bridgehead atoms. The Morgan fingerprint density at radius 3 is 1.52 bits per heavy atom. The molecule has 0 aliphatic rings. The van der Waals surface area contributed by atoms with Crippen molar-refractivity contribution in [3.63, 3.8) is 0 Å². The van der Waals surface area contributed by atoms with Crippen molar-refractivity contribution in [3.8, 4) is 11.5 Å². The van der Waals surface area contributed by atoms with Gasteiger partial charge in [0, 0.05) is 0 Å². The first kappa shape index (κ1) is 16.9. The Hall–Kier alpha value is -2.43. The van der Waals surface area contributed by atoms with Gasteiger partial charge >= 0.3 is 141 Å². The normalized spacial score (nSPS) is 10.3. The summed E-state index contributed by atoms with van der Waals surface area (Å²) in [5.41, 5.74) is -0.102. The van der Waals surface area contributed by atoms with Gasteiger partial charge in [-0.2, -0.15) is 0 Å². The molecule has 0 aliphatic heterocycles. The number of methoxy groups -OCH3 is 2. The summed E-state index contributed by atoms with van der Waals surface area (Å²) in [5.74, 6) is 1.02. The molecule has 0 heterocycles. The minimum absolute atomic E-state index is 0.0510. The van der Waals surface area contributed by atoms with E-state index in [1.165, 1.54) is 50.6 Å². The minimum atomic E-state index is -0.971. The standard InChI is InChI=1S/C14H12IN2O6/c1-22-13-5-3-9(16(18)19)7-11(13)15-12-8-10(17(20)21)4-6-14(12)23-2/h3-8H,1-2H3/q-1. The van der Waals surface area contributed by atoms with Crippen LogP contribution in [0.4, 0.5) is 11.4 Å². The predicted molar refractivity (Wildman–Crippen MR) is 76.7 cm³/mol. The number of hydrogen-bond acceptors (Lipinski definition) is 6. The number of hydrogen-bond donors (Lipinski definition) is 0. The molecule has 0 amide bonds. The molecule has 2 aromatic carbocycles. The van der Waals surface area contributed by atoms with Crippen molar-refractivity contribution < 1.29 is 40.5 Å². The van der Waals surface area contributed by atoms with Gasteiger partial charge in [0.25, 0.3) is 0 Å². The Morgan fingerprint density at radius 1 is 0.826 bits per heavy atom. The van der Waals surface area contributed by atoms with Crippen LogP contribution in [0.1, 0.15) is 0 Å². The van der Waals surface area contributed by atoms with E-state index in [2.05, 4.69) is 0 Å². The third-order valence-corrected chi connectivity index (χ3v) is 5.74. The second-order valence-corrected chi connectivity index (χ2v) is 7.11. The number of nitrogens with zero attached hydrogens (tertiary/aromatic N) is 2. The van der Waals surface area contributed by atoms with Crippen molar-refractivity contribution in [2.24, 2.45) is 0 Å². The Kier molecular flexibility index (Phi) is 5.32. The monoisotopic (exact) mass is 431 g/mol. The first-order valence-electron chi connectivity index (χ1n) is 6.26. The van der Waals surface area contributed by atoms with E-state index >= 15 is 0 Å². The summed E-state index contributed by atoms with van der Waals surface area (Å²) in [5, 5.41) is 21.9. The molecule has 0 N–H and O–H groups in total. The fraction of sp³-hybridized carbons (Fsp3) is 0.143. The van der Waals surface area contributed by atoms with Gasteiger partial charge in [-0.15, -0.1) is 0 Å². The van der Waals surface area contributed by atoms with Crippen LogP contribution >= 0.6 is 0 Å². The van der Waals surface area contributed by atoms with Crippen LogP contribution < -0.4 is 30.7 Å². The molecule has 2 aromatic rings. The summed E-state index contributed by atoms with van der Waals surface area (Å²) in [4.78, 5) is 20.9. The third-order valence-electron chi connectivity index (χ3n) is 2.90. The van der Waals surface area contributed by atoms with Gasteiger partial charge in [0.15, 0.2) is 0 Å². The van der Waals surface area contributed by atoms with E-state index in [0.717, 1.165) is 0 Å². The molecule has 0 saturated heterocycles. The molecule has 0 spiro atoms. The Balaban J connectivity index is 2.48. The number of nitro benzene ring substituents is 2. The zero-order valence-corrected chi connectivity index (χ0v) is 14.3. The van der Waals surface area contributed by atoms with E-state index < -0.39 is 31.1 Å². The first-order valence-corrected chi connectivity index (χ1v) is 8.41. The van der Waals surface area contributed by atoms with Gasteiger partial charge < -0.3 is 0 Å². The van der Waals surface area contributed by atoms with Gasteiger partial charge in [0.05, 0.1) is 0 Å². The quantitative estimate of drug-likeness (QED) is 0.352. The predicted octanol–water partition coefficient (Wildman–Crippen LogP) is -0.351. The van der Waals surface area contributed by atoms with Crippen LogP contribution in [0.5, 0.6) is 11.5 Å². The summed E-state index contributed by atoms with van der Waals surface area (Å²) in [6.45, 7) is 0. The van der Waals surface area contributed by atoms with Crippen molar-refractivity contribution in [2.45, 2.75) is 0 Å². The van der Waals surface area contributed by atoms with Crippen molar-refractivity contribution in [1.82, 2.24) is 0 Å². The van der Waals surface area contributed by atoms with Crippen LogP contribution in [0.2, 0.25) is 0 Å². The molecular formula is C14H12IN2O6-. The molecule has 23 heavy (non-hydrogen) atoms. The van der Waals surface area contributed by atoms with E-state index in [-0.39, 0.29) is 11.4 Å². The zero-order valence-electron chi connectivity index (χ0n) is 12.2. The van der Waals surface area contributed by atoms with Crippen LogP contribution in [0.15, 0.2) is 36.4 Å². The van der Waals surface area contributed by atoms with Crippen molar-refractivity contribution >= 4 is 11.4 Å². The number of benzene rings is 2. The third kappa shape index (κ3) is 3.86. The van der Waals surface area contributed by atoms with Crippen LogP contribution in [0.3, 0.4) is 0 Å². The number of halogens is 1. The summed E-state index contributed by atoms with van der Waals surface area (Å²) >= 11 is -0.971. The van der Waals surface area contributed by atoms with Crippen molar-refractivity contribution in [2.75, 3.05) is 14.2 Å². The Morgan fingerprint density at radius 2 is 1.22 bits per heavy atom. The number of non-ortho nitro benzene ring substituents is 2. The molecule has 0 aromatic heterocycles. The molecule has 0 aliphatic carbocycles. The Bertz CT molecular complexity index is 701. The topological polar surface area (TPSA) is 105 Å². The fourth-order valence-electron chi connectivity index (χ4n) is 1.80. The maximum atomic E-state index is 10.9. The molecule has 9 heteroatoms. The molecule has 2 rings (SSSR count). The van der Waals surface area contributed by atoms with E-state index in [4.69, 9.17) is 9.47 Å². The SMILES string of the molecule is COc1ccc([N+](=O)[O-])cc1[I-]c1cc([N+](=O)[O-])ccc1OC. The van der Waals surface area contributed by atoms with Crippen LogP contribution in [0.25, 0.3) is 0 Å². The zero-order chi connectivity index (χ0) is 17.0. The molecule has 0 atom stereocenters. The van der Waals surface area contributed by atoms with E-state index in [1.54, 1.807) is 0 Å². The average molecular weight is 431 g/mol. The van der Waals surface area contributed by atoms with Crippen LogP contribution in [-0.2, 0) is 0 Å². The molecule has 0 radical (unpaired) electrons. The van der Waals surface area contributed by atoms with Crippen molar-refractivity contribution in [3.05, 3.63) is 63.8 Å². The van der Waals surface area contributed by atoms with E-state index in [9.17, 15) is 20.2 Å². The number of rotatable bonds is 6. The molecule has 0 fully saturated rings. The maximum absolute atomic E-state index is 10.9. The number of nitro groups is 2. The second kappa shape index (κ2) is 7.22. The van der Waals surface area contributed by atoms with Gasteiger partial charge in [-0.1, -0.05) is 0 Å². The molecular weight excluding hydrogens is 419 g/mol. The van der Waals surface area contributed by atoms with Crippen LogP contribution in [0, 0.1) is 27.4 Å². The molecule has 122 valence electrons. The molecule has 0 saturated carbocycles. The van der Waals surface area contributed by atoms with Gasteiger partial charge in [-0.3, -0.25) is 0 Å². The summed E-state index contributed by atoms with van der Waals surface area (Å²) in [6.07, 6.45) is 0. The first-order chi connectivity index (χ1) is 11.0. The summed E-state index contributed by atoms with van der Waals surface area (Å²) in [7, 11) is 2.94. The average Bonchev–Trinajstić information content (AvgIpc) is 2.54. The number of ether oxygens (including phenoxy) is 2. The molecule has 0 unspecified atom stereocenters. The molecule has 8 nitrogen and oxygen atoms in total. The van der Waals surface area contributed by atoms with Gasteiger partial charge in [-0.25, -0.2) is 0 Å². The summed E-state index contributed by atoms with van der Waals surface area (Å²) in [6, 6.07) is 8.64. The van der Waals surface area contributed by atoms with Gasteiger partial charge in [0.1, 0.15) is 0 Å². The van der Waals surface area contributed by atoms with Gasteiger partial charge in [0.2, 0.25) is 0 Å². The van der Waals surface area contributed by atoms with E-state index in [0.29, 0.717) is 18.6 Å².